The van der Waals surface area contributed by atoms with Crippen LogP contribution in [0.3, 0.4) is 0 Å². The van der Waals surface area contributed by atoms with Gasteiger partial charge in [0.15, 0.2) is 6.10 Å². The number of hydrogen-bond acceptors (Lipinski definition) is 7. The molecule has 0 saturated heterocycles. The number of thiophene rings is 1. The molecule has 126 valence electrons. The van der Waals surface area contributed by atoms with Gasteiger partial charge in [-0.1, -0.05) is 6.07 Å². The number of nitrogens with one attached hydrogen (secondary N) is 1. The number of carbonyl (C=O) groups excluding carboxylic acids is 2. The number of esters is 1. The lowest BCUT2D eigenvalue weighted by Crippen LogP contribution is -2.29. The summed E-state index contributed by atoms with van der Waals surface area (Å²) in [5.74, 6) is -1.04. The van der Waals surface area contributed by atoms with Crippen molar-refractivity contribution in [3.05, 3.63) is 50.7 Å². The van der Waals surface area contributed by atoms with E-state index in [9.17, 15) is 19.7 Å². The number of anilines is 1. The second-order valence-corrected chi connectivity index (χ2v) is 5.60. The minimum Gasteiger partial charge on any atom is -0.494 e. The van der Waals surface area contributed by atoms with E-state index in [2.05, 4.69) is 5.32 Å². The summed E-state index contributed by atoms with van der Waals surface area (Å²) in [6, 6.07) is 7.08. The molecule has 0 radical (unpaired) electrons. The lowest BCUT2D eigenvalue weighted by molar-refractivity contribution is -0.384. The van der Waals surface area contributed by atoms with E-state index in [1.165, 1.54) is 43.6 Å². The monoisotopic (exact) mass is 350 g/mol. The first-order chi connectivity index (χ1) is 11.4. The van der Waals surface area contributed by atoms with E-state index in [4.69, 9.17) is 9.47 Å². The van der Waals surface area contributed by atoms with Crippen molar-refractivity contribution >= 4 is 34.6 Å². The van der Waals surface area contributed by atoms with E-state index < -0.39 is 22.9 Å². The number of non-ortho nitro benzene ring substituents is 1. The molecule has 24 heavy (non-hydrogen) atoms. The second-order valence-electron chi connectivity index (χ2n) is 4.66. The first-order valence-corrected chi connectivity index (χ1v) is 7.68. The minimum atomic E-state index is -1.04. The summed E-state index contributed by atoms with van der Waals surface area (Å²) >= 11 is 1.21. The number of methoxy groups -OCH3 is 1. The zero-order valence-corrected chi connectivity index (χ0v) is 13.7. The summed E-state index contributed by atoms with van der Waals surface area (Å²) in [6.07, 6.45) is -1.04. The summed E-state index contributed by atoms with van der Waals surface area (Å²) in [4.78, 5) is 34.5. The van der Waals surface area contributed by atoms with Gasteiger partial charge in [-0.05, 0) is 24.4 Å². The van der Waals surface area contributed by atoms with E-state index in [0.29, 0.717) is 4.88 Å². The number of nitrogens with zero attached hydrogens (tertiary/aromatic N) is 1. The Balaban J connectivity index is 2.05. The van der Waals surface area contributed by atoms with Crippen LogP contribution in [0, 0.1) is 10.1 Å². The van der Waals surface area contributed by atoms with Crippen LogP contribution < -0.4 is 10.1 Å². The van der Waals surface area contributed by atoms with Crippen molar-refractivity contribution in [1.29, 1.82) is 0 Å². The van der Waals surface area contributed by atoms with Crippen LogP contribution in [0.1, 0.15) is 16.6 Å². The first-order valence-electron chi connectivity index (χ1n) is 6.80. The van der Waals surface area contributed by atoms with Gasteiger partial charge in [0.2, 0.25) is 0 Å². The van der Waals surface area contributed by atoms with Crippen molar-refractivity contribution in [1.82, 2.24) is 0 Å². The zero-order chi connectivity index (χ0) is 17.7. The highest BCUT2D eigenvalue weighted by Crippen LogP contribution is 2.29. The van der Waals surface area contributed by atoms with Crippen molar-refractivity contribution in [3.8, 4) is 5.75 Å². The van der Waals surface area contributed by atoms with Gasteiger partial charge in [0.05, 0.1) is 23.8 Å². The highest BCUT2D eigenvalue weighted by molar-refractivity contribution is 7.11. The van der Waals surface area contributed by atoms with Gasteiger partial charge in [0.1, 0.15) is 10.6 Å². The van der Waals surface area contributed by atoms with E-state index in [1.54, 1.807) is 17.5 Å². The molecule has 9 heteroatoms. The Morgan fingerprint density at radius 3 is 2.67 bits per heavy atom. The number of hydrogen-bond donors (Lipinski definition) is 1. The lowest BCUT2D eigenvalue weighted by atomic mass is 10.2. The molecule has 0 saturated carbocycles. The smallest absolute Gasteiger partial charge is 0.349 e. The van der Waals surface area contributed by atoms with Gasteiger partial charge in [-0.3, -0.25) is 14.9 Å². The van der Waals surface area contributed by atoms with Crippen LogP contribution in [0.5, 0.6) is 5.75 Å². The van der Waals surface area contributed by atoms with Gasteiger partial charge in [-0.25, -0.2) is 4.79 Å². The molecular weight excluding hydrogens is 336 g/mol. The second kappa shape index (κ2) is 7.55. The van der Waals surface area contributed by atoms with E-state index >= 15 is 0 Å². The Kier molecular flexibility index (Phi) is 5.48. The van der Waals surface area contributed by atoms with Gasteiger partial charge in [0.25, 0.3) is 11.6 Å². The summed E-state index contributed by atoms with van der Waals surface area (Å²) < 4.78 is 10.1. The zero-order valence-electron chi connectivity index (χ0n) is 12.8. The van der Waals surface area contributed by atoms with Crippen molar-refractivity contribution in [3.63, 3.8) is 0 Å². The third-order valence-corrected chi connectivity index (χ3v) is 3.88. The van der Waals surface area contributed by atoms with Gasteiger partial charge < -0.3 is 14.8 Å². The predicted octanol–water partition coefficient (Wildman–Crippen LogP) is 2.85. The van der Waals surface area contributed by atoms with Crippen LogP contribution >= 0.6 is 11.3 Å². The topological polar surface area (TPSA) is 108 Å². The molecule has 8 nitrogen and oxygen atoms in total. The predicted molar refractivity (Wildman–Crippen MR) is 87.5 cm³/mol. The average molecular weight is 350 g/mol. The normalized spacial score (nSPS) is 11.4. The van der Waals surface area contributed by atoms with Crippen molar-refractivity contribution < 1.29 is 24.0 Å². The van der Waals surface area contributed by atoms with Crippen LogP contribution in [0.15, 0.2) is 35.7 Å². The van der Waals surface area contributed by atoms with Crippen LogP contribution in [0.2, 0.25) is 0 Å². The quantitative estimate of drug-likeness (QED) is 0.487. The van der Waals surface area contributed by atoms with Crippen LogP contribution in [-0.2, 0) is 9.53 Å². The molecule has 0 bridgehead atoms. The molecular formula is C15H14N2O6S. The Morgan fingerprint density at radius 2 is 2.08 bits per heavy atom. The summed E-state index contributed by atoms with van der Waals surface area (Å²) in [5.41, 5.74) is 0.0779. The Bertz CT molecular complexity index is 759. The molecule has 2 aromatic rings. The Morgan fingerprint density at radius 1 is 1.33 bits per heavy atom. The number of nitro groups is 1. The lowest BCUT2D eigenvalue weighted by Gasteiger charge is -2.14. The maximum Gasteiger partial charge on any atom is 0.349 e. The van der Waals surface area contributed by atoms with E-state index in [-0.39, 0.29) is 17.1 Å². The SMILES string of the molecule is COc1cc([N+](=O)[O-])ccc1NC(=O)[C@@H](C)OC(=O)c1cccs1. The molecule has 1 heterocycles. The van der Waals surface area contributed by atoms with Gasteiger partial charge in [-0.15, -0.1) is 11.3 Å². The number of benzene rings is 1. The fourth-order valence-corrected chi connectivity index (χ4v) is 2.40. The number of nitro benzene ring substituents is 1. The molecule has 2 rings (SSSR count). The number of ether oxygens (including phenoxy) is 2. The maximum absolute atomic E-state index is 12.1. The first kappa shape index (κ1) is 17.4. The Labute approximate surface area is 141 Å². The highest BCUT2D eigenvalue weighted by Gasteiger charge is 2.21. The van der Waals surface area contributed by atoms with Crippen molar-refractivity contribution in [2.75, 3.05) is 12.4 Å². The molecule has 1 aromatic heterocycles. The average Bonchev–Trinajstić information content (AvgIpc) is 3.09. The summed E-state index contributed by atoms with van der Waals surface area (Å²) in [7, 11) is 1.33. The van der Waals surface area contributed by atoms with Gasteiger partial charge >= 0.3 is 5.97 Å². The van der Waals surface area contributed by atoms with Crippen LogP contribution in [0.25, 0.3) is 0 Å². The van der Waals surface area contributed by atoms with Crippen molar-refractivity contribution in [2.45, 2.75) is 13.0 Å². The molecule has 0 aliphatic carbocycles. The molecule has 0 spiro atoms. The minimum absolute atomic E-state index is 0.134. The van der Waals surface area contributed by atoms with Crippen LogP contribution in [-0.4, -0.2) is 30.0 Å². The summed E-state index contributed by atoms with van der Waals surface area (Å²) in [6.45, 7) is 1.43. The number of rotatable bonds is 6. The fourth-order valence-electron chi connectivity index (χ4n) is 1.80. The van der Waals surface area contributed by atoms with Crippen LogP contribution in [0.4, 0.5) is 11.4 Å². The maximum atomic E-state index is 12.1. The largest absolute Gasteiger partial charge is 0.494 e. The van der Waals surface area contributed by atoms with Crippen molar-refractivity contribution in [2.24, 2.45) is 0 Å². The molecule has 1 aromatic carbocycles. The van der Waals surface area contributed by atoms with E-state index in [1.807, 2.05) is 0 Å². The highest BCUT2D eigenvalue weighted by atomic mass is 32.1. The third-order valence-electron chi connectivity index (χ3n) is 3.03. The Hall–Kier alpha value is -2.94. The number of carbonyl (C=O) groups is 2. The molecule has 0 aliphatic heterocycles. The van der Waals surface area contributed by atoms with E-state index in [0.717, 1.165) is 0 Å². The molecule has 0 fully saturated rings. The fraction of sp³-hybridized carbons (Fsp3) is 0.200. The molecule has 1 amide bonds. The van der Waals surface area contributed by atoms with Gasteiger partial charge in [0, 0.05) is 6.07 Å². The van der Waals surface area contributed by atoms with Gasteiger partial charge in [-0.2, -0.15) is 0 Å². The summed E-state index contributed by atoms with van der Waals surface area (Å²) in [5, 5.41) is 15.0. The standard InChI is InChI=1S/C15H14N2O6S/c1-9(23-15(19)13-4-3-7-24-13)14(18)16-11-6-5-10(17(20)21)8-12(11)22-2/h3-9H,1-2H3,(H,16,18)/t9-/m1/s1. The molecule has 1 atom stereocenters. The third kappa shape index (κ3) is 4.07. The molecule has 1 N–H and O–H groups in total. The number of amides is 1. The molecule has 0 unspecified atom stereocenters. The molecule has 0 aliphatic rings.